The van der Waals surface area contributed by atoms with E-state index in [0.29, 0.717) is 24.6 Å². The molecule has 2 aromatic rings. The summed E-state index contributed by atoms with van der Waals surface area (Å²) in [6, 6.07) is 11.0. The summed E-state index contributed by atoms with van der Waals surface area (Å²) in [7, 11) is 0. The van der Waals surface area contributed by atoms with Crippen molar-refractivity contribution in [2.45, 2.75) is 20.5 Å². The van der Waals surface area contributed by atoms with E-state index < -0.39 is 0 Å². The Morgan fingerprint density at radius 1 is 1.24 bits per heavy atom. The average Bonchev–Trinajstić information content (AvgIpc) is 2.52. The van der Waals surface area contributed by atoms with Crippen molar-refractivity contribution in [2.24, 2.45) is 5.92 Å². The van der Waals surface area contributed by atoms with Gasteiger partial charge in [0.15, 0.2) is 0 Å². The Labute approximate surface area is 125 Å². The zero-order valence-electron chi connectivity index (χ0n) is 12.4. The van der Waals surface area contributed by atoms with Crippen molar-refractivity contribution in [1.29, 1.82) is 0 Å². The molecular weight excluding hydrogens is 264 g/mol. The van der Waals surface area contributed by atoms with Gasteiger partial charge in [0.25, 0.3) is 5.91 Å². The highest BCUT2D eigenvalue weighted by Crippen LogP contribution is 2.14. The fraction of sp³-hybridized carbons (Fsp3) is 0.294. The van der Waals surface area contributed by atoms with Crippen LogP contribution in [0.25, 0.3) is 0 Å². The summed E-state index contributed by atoms with van der Waals surface area (Å²) in [5.41, 5.74) is 1.65. The van der Waals surface area contributed by atoms with Gasteiger partial charge >= 0.3 is 0 Å². The molecule has 0 aliphatic heterocycles. The number of pyridine rings is 1. The molecule has 0 unspecified atom stereocenters. The molecule has 4 nitrogen and oxygen atoms in total. The smallest absolute Gasteiger partial charge is 0.251 e. The van der Waals surface area contributed by atoms with Crippen LogP contribution in [0.4, 0.5) is 0 Å². The van der Waals surface area contributed by atoms with Gasteiger partial charge in [-0.05, 0) is 36.2 Å². The van der Waals surface area contributed by atoms with Gasteiger partial charge < -0.3 is 10.1 Å². The van der Waals surface area contributed by atoms with Gasteiger partial charge in [-0.3, -0.25) is 9.78 Å². The highest BCUT2D eigenvalue weighted by atomic mass is 16.5. The summed E-state index contributed by atoms with van der Waals surface area (Å²) in [4.78, 5) is 15.9. The molecule has 1 aromatic carbocycles. The third-order valence-electron chi connectivity index (χ3n) is 2.92. The predicted molar refractivity (Wildman–Crippen MR) is 82.2 cm³/mol. The van der Waals surface area contributed by atoms with Crippen molar-refractivity contribution >= 4 is 5.91 Å². The number of aromatic nitrogens is 1. The van der Waals surface area contributed by atoms with Gasteiger partial charge in [-0.25, -0.2) is 0 Å². The van der Waals surface area contributed by atoms with Crippen LogP contribution in [-0.2, 0) is 6.61 Å². The highest BCUT2D eigenvalue weighted by Gasteiger charge is 2.06. The van der Waals surface area contributed by atoms with Crippen LogP contribution in [0.1, 0.15) is 29.8 Å². The third-order valence-corrected chi connectivity index (χ3v) is 2.92. The monoisotopic (exact) mass is 284 g/mol. The second-order valence-electron chi connectivity index (χ2n) is 5.28. The van der Waals surface area contributed by atoms with E-state index in [1.807, 2.05) is 12.1 Å². The maximum absolute atomic E-state index is 11.9. The molecule has 0 fully saturated rings. The summed E-state index contributed by atoms with van der Waals surface area (Å²) in [6.07, 6.45) is 3.50. The van der Waals surface area contributed by atoms with Gasteiger partial charge in [0.2, 0.25) is 0 Å². The summed E-state index contributed by atoms with van der Waals surface area (Å²) in [6.45, 7) is 5.27. The molecule has 4 heteroatoms. The lowest BCUT2D eigenvalue weighted by atomic mass is 10.2. The molecule has 1 N–H and O–H groups in total. The molecule has 0 aliphatic carbocycles. The van der Waals surface area contributed by atoms with Crippen molar-refractivity contribution in [3.63, 3.8) is 0 Å². The second kappa shape index (κ2) is 7.43. The van der Waals surface area contributed by atoms with Gasteiger partial charge in [-0.15, -0.1) is 0 Å². The molecule has 0 atom stereocenters. The molecule has 2 rings (SSSR count). The molecule has 0 spiro atoms. The number of nitrogens with one attached hydrogen (secondary N) is 1. The number of nitrogens with zero attached hydrogens (tertiary/aromatic N) is 1. The molecule has 0 saturated carbocycles. The zero-order valence-corrected chi connectivity index (χ0v) is 12.4. The van der Waals surface area contributed by atoms with Crippen LogP contribution in [0.5, 0.6) is 5.75 Å². The summed E-state index contributed by atoms with van der Waals surface area (Å²) in [5.74, 6) is 1.12. The van der Waals surface area contributed by atoms with Crippen LogP contribution in [0.2, 0.25) is 0 Å². The second-order valence-corrected chi connectivity index (χ2v) is 5.28. The zero-order chi connectivity index (χ0) is 15.1. The Kier molecular flexibility index (Phi) is 5.32. The minimum atomic E-state index is -0.0532. The van der Waals surface area contributed by atoms with Crippen LogP contribution in [0.15, 0.2) is 48.8 Å². The van der Waals surface area contributed by atoms with Crippen LogP contribution in [-0.4, -0.2) is 17.4 Å². The summed E-state index contributed by atoms with van der Waals surface area (Å²) >= 11 is 0. The lowest BCUT2D eigenvalue weighted by Gasteiger charge is -2.09. The van der Waals surface area contributed by atoms with Gasteiger partial charge in [0.1, 0.15) is 12.4 Å². The maximum atomic E-state index is 11.9. The number of hydrogen-bond acceptors (Lipinski definition) is 3. The maximum Gasteiger partial charge on any atom is 0.251 e. The number of benzene rings is 1. The largest absolute Gasteiger partial charge is 0.489 e. The SMILES string of the molecule is CC(C)CNC(=O)c1ccc(OCc2cccnc2)cc1. The molecular formula is C17H20N2O2. The third kappa shape index (κ3) is 4.91. The van der Waals surface area contributed by atoms with E-state index in [9.17, 15) is 4.79 Å². The molecule has 110 valence electrons. The fourth-order valence-electron chi connectivity index (χ4n) is 1.75. The van der Waals surface area contributed by atoms with Gasteiger partial charge in [-0.1, -0.05) is 19.9 Å². The van der Waals surface area contributed by atoms with Crippen molar-refractivity contribution in [1.82, 2.24) is 10.3 Å². The highest BCUT2D eigenvalue weighted by molar-refractivity contribution is 5.94. The first-order valence-electron chi connectivity index (χ1n) is 7.05. The number of ether oxygens (including phenoxy) is 1. The Morgan fingerprint density at radius 2 is 2.00 bits per heavy atom. The van der Waals surface area contributed by atoms with Crippen LogP contribution >= 0.6 is 0 Å². The van der Waals surface area contributed by atoms with Crippen molar-refractivity contribution in [3.05, 3.63) is 59.9 Å². The minimum Gasteiger partial charge on any atom is -0.489 e. The normalized spacial score (nSPS) is 10.4. The molecule has 21 heavy (non-hydrogen) atoms. The molecule has 1 amide bonds. The molecule has 0 saturated heterocycles. The Balaban J connectivity index is 1.88. The molecule has 0 aliphatic rings. The average molecular weight is 284 g/mol. The standard InChI is InChI=1S/C17H20N2O2/c1-13(2)10-19-17(20)15-5-7-16(8-6-15)21-12-14-4-3-9-18-11-14/h3-9,11,13H,10,12H2,1-2H3,(H,19,20). The number of rotatable bonds is 6. The van der Waals surface area contributed by atoms with Gasteiger partial charge in [0, 0.05) is 30.1 Å². The topological polar surface area (TPSA) is 51.2 Å². The summed E-state index contributed by atoms with van der Waals surface area (Å²) < 4.78 is 5.65. The van der Waals surface area contributed by atoms with E-state index >= 15 is 0 Å². The molecule has 0 bridgehead atoms. The molecule has 1 aromatic heterocycles. The van der Waals surface area contributed by atoms with E-state index in [0.717, 1.165) is 11.3 Å². The fourth-order valence-corrected chi connectivity index (χ4v) is 1.75. The summed E-state index contributed by atoms with van der Waals surface area (Å²) in [5, 5.41) is 2.89. The van der Waals surface area contributed by atoms with Gasteiger partial charge in [0.05, 0.1) is 0 Å². The number of hydrogen-bond donors (Lipinski definition) is 1. The van der Waals surface area contributed by atoms with Crippen molar-refractivity contribution in [3.8, 4) is 5.75 Å². The van der Waals surface area contributed by atoms with Crippen LogP contribution in [0, 0.1) is 5.92 Å². The van der Waals surface area contributed by atoms with E-state index in [1.54, 1.807) is 36.7 Å². The van der Waals surface area contributed by atoms with Crippen LogP contribution < -0.4 is 10.1 Å². The number of amides is 1. The van der Waals surface area contributed by atoms with E-state index in [-0.39, 0.29) is 5.91 Å². The minimum absolute atomic E-state index is 0.0532. The van der Waals surface area contributed by atoms with Crippen LogP contribution in [0.3, 0.4) is 0 Å². The predicted octanol–water partition coefficient (Wildman–Crippen LogP) is 3.05. The Bertz CT molecular complexity index is 565. The lowest BCUT2D eigenvalue weighted by Crippen LogP contribution is -2.27. The van der Waals surface area contributed by atoms with Crippen molar-refractivity contribution in [2.75, 3.05) is 6.54 Å². The van der Waals surface area contributed by atoms with E-state index in [2.05, 4.69) is 24.1 Å². The van der Waals surface area contributed by atoms with E-state index in [1.165, 1.54) is 0 Å². The lowest BCUT2D eigenvalue weighted by molar-refractivity contribution is 0.0949. The quantitative estimate of drug-likeness (QED) is 0.887. The number of carbonyl (C=O) groups is 1. The first kappa shape index (κ1) is 15.0. The Hall–Kier alpha value is -2.36. The Morgan fingerprint density at radius 3 is 2.62 bits per heavy atom. The van der Waals surface area contributed by atoms with Crippen molar-refractivity contribution < 1.29 is 9.53 Å². The first-order chi connectivity index (χ1) is 10.1. The molecule has 0 radical (unpaired) electrons. The number of carbonyl (C=O) groups excluding carboxylic acids is 1. The molecule has 1 heterocycles. The van der Waals surface area contributed by atoms with Gasteiger partial charge in [-0.2, -0.15) is 0 Å². The van der Waals surface area contributed by atoms with E-state index in [4.69, 9.17) is 4.74 Å². The first-order valence-corrected chi connectivity index (χ1v) is 7.05.